The van der Waals surface area contributed by atoms with Gasteiger partial charge in [-0.15, -0.1) is 0 Å². The van der Waals surface area contributed by atoms with Gasteiger partial charge in [0.1, 0.15) is 18.1 Å². The minimum Gasteiger partial charge on any atom is -0.481 e. The van der Waals surface area contributed by atoms with Crippen LogP contribution in [0.15, 0.2) is 0 Å². The summed E-state index contributed by atoms with van der Waals surface area (Å²) in [5.41, 5.74) is 0. The summed E-state index contributed by atoms with van der Waals surface area (Å²) in [5.74, 6) is -4.63. The van der Waals surface area contributed by atoms with E-state index >= 15 is 0 Å². The Kier molecular flexibility index (Phi) is 11.1. The fourth-order valence-electron chi connectivity index (χ4n) is 3.43. The first-order valence-electron chi connectivity index (χ1n) is 11.1. The summed E-state index contributed by atoms with van der Waals surface area (Å²) in [6, 6.07) is -3.66. The summed E-state index contributed by atoms with van der Waals surface area (Å²) < 4.78 is 0. The Morgan fingerprint density at radius 2 is 1.59 bits per heavy atom. The fourth-order valence-corrected chi connectivity index (χ4v) is 3.43. The van der Waals surface area contributed by atoms with Crippen molar-refractivity contribution >= 4 is 29.7 Å². The number of carbonyl (C=O) groups excluding carboxylic acids is 3. The second-order valence-corrected chi connectivity index (χ2v) is 8.58. The summed E-state index contributed by atoms with van der Waals surface area (Å²) in [6.07, 6.45) is 1.38. The molecule has 5 atom stereocenters. The lowest BCUT2D eigenvalue weighted by molar-refractivity contribution is -0.143. The van der Waals surface area contributed by atoms with Gasteiger partial charge in [-0.05, 0) is 37.6 Å². The van der Waals surface area contributed by atoms with E-state index in [2.05, 4.69) is 21.3 Å². The Bertz CT molecular complexity index is 692. The Balaban J connectivity index is 2.90. The minimum atomic E-state index is -1.39. The number of carboxylic acid groups (broad SMARTS) is 2. The molecule has 0 radical (unpaired) electrons. The molecule has 11 nitrogen and oxygen atoms in total. The van der Waals surface area contributed by atoms with Crippen LogP contribution < -0.4 is 21.3 Å². The smallest absolute Gasteiger partial charge is 0.326 e. The van der Waals surface area contributed by atoms with Gasteiger partial charge < -0.3 is 31.5 Å². The summed E-state index contributed by atoms with van der Waals surface area (Å²) in [4.78, 5) is 60.5. The number of amides is 3. The molecule has 3 amide bonds. The molecular formula is C21H36N4O7. The molecule has 0 aromatic heterocycles. The van der Waals surface area contributed by atoms with Crippen molar-refractivity contribution in [3.63, 3.8) is 0 Å². The van der Waals surface area contributed by atoms with Gasteiger partial charge in [0, 0.05) is 6.42 Å². The predicted molar refractivity (Wildman–Crippen MR) is 116 cm³/mol. The lowest BCUT2D eigenvalue weighted by Crippen LogP contribution is -2.59. The molecule has 0 aromatic carbocycles. The highest BCUT2D eigenvalue weighted by Crippen LogP contribution is 2.12. The third-order valence-corrected chi connectivity index (χ3v) is 5.68. The summed E-state index contributed by atoms with van der Waals surface area (Å²) in [7, 11) is 0. The quantitative estimate of drug-likeness (QED) is 0.222. The Morgan fingerprint density at radius 1 is 0.969 bits per heavy atom. The molecule has 0 aliphatic carbocycles. The first-order chi connectivity index (χ1) is 15.0. The maximum Gasteiger partial charge on any atom is 0.326 e. The maximum absolute atomic E-state index is 13.0. The van der Waals surface area contributed by atoms with Gasteiger partial charge in [-0.2, -0.15) is 0 Å². The van der Waals surface area contributed by atoms with E-state index in [0.717, 1.165) is 13.0 Å². The van der Waals surface area contributed by atoms with E-state index in [9.17, 15) is 29.1 Å². The number of hydrogen-bond donors (Lipinski definition) is 6. The molecular weight excluding hydrogens is 420 g/mol. The van der Waals surface area contributed by atoms with E-state index < -0.39 is 48.3 Å². The lowest BCUT2D eigenvalue weighted by atomic mass is 9.96. The van der Waals surface area contributed by atoms with E-state index in [0.29, 0.717) is 12.8 Å². The van der Waals surface area contributed by atoms with E-state index in [-0.39, 0.29) is 30.2 Å². The standard InChI is InChI=1S/C21H36N4O7/c1-5-12(4)17(20(30)23-14(21(31)32)8-9-15(26)27)25-19(29)16(11(2)3)24-18(28)13-7-6-10-22-13/h11-14,16-17,22H,5-10H2,1-4H3,(H,23,30)(H,24,28)(H,25,29)(H,26,27)(H,31,32). The highest BCUT2D eigenvalue weighted by molar-refractivity contribution is 5.94. The molecule has 6 N–H and O–H groups in total. The van der Waals surface area contributed by atoms with Gasteiger partial charge in [0.15, 0.2) is 0 Å². The first kappa shape index (κ1) is 27.3. The van der Waals surface area contributed by atoms with E-state index in [1.165, 1.54) is 0 Å². The van der Waals surface area contributed by atoms with Crippen molar-refractivity contribution in [2.75, 3.05) is 6.54 Å². The van der Waals surface area contributed by atoms with Crippen molar-refractivity contribution in [2.45, 2.75) is 84.0 Å². The van der Waals surface area contributed by atoms with E-state index in [1.54, 1.807) is 20.8 Å². The fraction of sp³-hybridized carbons (Fsp3) is 0.762. The van der Waals surface area contributed by atoms with Gasteiger partial charge in [-0.1, -0.05) is 34.1 Å². The summed E-state index contributed by atoms with van der Waals surface area (Å²) in [5, 5.41) is 28.9. The zero-order chi connectivity index (χ0) is 24.4. The molecule has 1 heterocycles. The van der Waals surface area contributed by atoms with E-state index in [4.69, 9.17) is 5.11 Å². The number of aliphatic carboxylic acids is 2. The molecule has 1 aliphatic rings. The monoisotopic (exact) mass is 456 g/mol. The molecule has 1 saturated heterocycles. The Labute approximate surface area is 188 Å². The average Bonchev–Trinajstić information content (AvgIpc) is 3.26. The molecule has 1 aliphatic heterocycles. The van der Waals surface area contributed by atoms with Crippen LogP contribution >= 0.6 is 0 Å². The summed E-state index contributed by atoms with van der Waals surface area (Å²) in [6.45, 7) is 7.85. The highest BCUT2D eigenvalue weighted by atomic mass is 16.4. The molecule has 5 unspecified atom stereocenters. The van der Waals surface area contributed by atoms with Gasteiger partial charge in [0.2, 0.25) is 17.7 Å². The van der Waals surface area contributed by atoms with Crippen molar-refractivity contribution in [3.05, 3.63) is 0 Å². The lowest BCUT2D eigenvalue weighted by Gasteiger charge is -2.29. The van der Waals surface area contributed by atoms with Crippen LogP contribution in [0, 0.1) is 11.8 Å². The van der Waals surface area contributed by atoms with Crippen molar-refractivity contribution in [1.82, 2.24) is 21.3 Å². The van der Waals surface area contributed by atoms with Gasteiger partial charge in [0.05, 0.1) is 6.04 Å². The van der Waals surface area contributed by atoms with Crippen molar-refractivity contribution < 1.29 is 34.2 Å². The second-order valence-electron chi connectivity index (χ2n) is 8.58. The first-order valence-corrected chi connectivity index (χ1v) is 11.1. The van der Waals surface area contributed by atoms with Crippen LogP contribution in [-0.2, 0) is 24.0 Å². The minimum absolute atomic E-state index is 0.247. The number of carboxylic acids is 2. The van der Waals surface area contributed by atoms with Crippen LogP contribution in [0.1, 0.15) is 59.8 Å². The summed E-state index contributed by atoms with van der Waals surface area (Å²) >= 11 is 0. The molecule has 1 fully saturated rings. The van der Waals surface area contributed by atoms with Crippen LogP contribution in [0.3, 0.4) is 0 Å². The number of rotatable bonds is 13. The van der Waals surface area contributed by atoms with Gasteiger partial charge >= 0.3 is 11.9 Å². The topological polar surface area (TPSA) is 174 Å². The number of carbonyl (C=O) groups is 5. The third-order valence-electron chi connectivity index (χ3n) is 5.68. The van der Waals surface area contributed by atoms with Crippen molar-refractivity contribution in [1.29, 1.82) is 0 Å². The van der Waals surface area contributed by atoms with Gasteiger partial charge in [-0.25, -0.2) is 4.79 Å². The van der Waals surface area contributed by atoms with Crippen molar-refractivity contribution in [2.24, 2.45) is 11.8 Å². The van der Waals surface area contributed by atoms with Crippen LogP contribution in [0.4, 0.5) is 0 Å². The largest absolute Gasteiger partial charge is 0.481 e. The normalized spacial score (nSPS) is 19.5. The highest BCUT2D eigenvalue weighted by Gasteiger charge is 2.34. The molecule has 0 aromatic rings. The van der Waals surface area contributed by atoms with Crippen LogP contribution in [0.25, 0.3) is 0 Å². The average molecular weight is 457 g/mol. The molecule has 11 heteroatoms. The van der Waals surface area contributed by atoms with E-state index in [1.807, 2.05) is 6.92 Å². The number of nitrogens with one attached hydrogen (secondary N) is 4. The van der Waals surface area contributed by atoms with Gasteiger partial charge in [0.25, 0.3) is 0 Å². The number of hydrogen-bond acceptors (Lipinski definition) is 6. The Hall–Kier alpha value is -2.69. The SMILES string of the molecule is CCC(C)C(NC(=O)C(NC(=O)C1CCCN1)C(C)C)C(=O)NC(CCC(=O)O)C(=O)O. The molecule has 0 spiro atoms. The molecule has 0 bridgehead atoms. The van der Waals surface area contributed by atoms with Crippen LogP contribution in [-0.4, -0.2) is 70.6 Å². The molecule has 182 valence electrons. The van der Waals surface area contributed by atoms with Crippen LogP contribution in [0.2, 0.25) is 0 Å². The predicted octanol–water partition coefficient (Wildman–Crippen LogP) is -0.156. The van der Waals surface area contributed by atoms with Crippen LogP contribution in [0.5, 0.6) is 0 Å². The molecule has 32 heavy (non-hydrogen) atoms. The van der Waals surface area contributed by atoms with Gasteiger partial charge in [-0.3, -0.25) is 19.2 Å². The third kappa shape index (κ3) is 8.45. The molecule has 1 rings (SSSR count). The Morgan fingerprint density at radius 3 is 2.06 bits per heavy atom. The zero-order valence-corrected chi connectivity index (χ0v) is 19.1. The molecule has 0 saturated carbocycles. The maximum atomic E-state index is 13.0. The zero-order valence-electron chi connectivity index (χ0n) is 19.1. The van der Waals surface area contributed by atoms with Crippen molar-refractivity contribution in [3.8, 4) is 0 Å². The second kappa shape index (κ2) is 13.0.